The molecule has 3 rings (SSSR count). The lowest BCUT2D eigenvalue weighted by Crippen LogP contribution is -1.81. The Kier molecular flexibility index (Phi) is 2.31. The third-order valence-corrected chi connectivity index (χ3v) is 3.14. The summed E-state index contributed by atoms with van der Waals surface area (Å²) < 4.78 is 5.73. The van der Waals surface area contributed by atoms with Gasteiger partial charge in [-0.05, 0) is 17.7 Å². The molecule has 0 fully saturated rings. The fraction of sp³-hybridized carbons (Fsp3) is 0.0769. The van der Waals surface area contributed by atoms with E-state index in [9.17, 15) is 0 Å². The SMILES string of the molecule is ClC(Cl)c1cccc2oc3ccccc3c12. The molecule has 0 unspecified atom stereocenters. The number of alkyl halides is 2. The van der Waals surface area contributed by atoms with Crippen LogP contribution in [0.15, 0.2) is 46.9 Å². The molecule has 0 aliphatic heterocycles. The average molecular weight is 251 g/mol. The molecule has 0 aliphatic carbocycles. The summed E-state index contributed by atoms with van der Waals surface area (Å²) in [5.74, 6) is 0. The largest absolute Gasteiger partial charge is 0.456 e. The molecule has 3 aromatic rings. The van der Waals surface area contributed by atoms with Gasteiger partial charge in [0.05, 0.1) is 0 Å². The fourth-order valence-corrected chi connectivity index (χ4v) is 2.35. The number of hydrogen-bond acceptors (Lipinski definition) is 1. The Hall–Kier alpha value is -1.18. The number of furan rings is 1. The summed E-state index contributed by atoms with van der Waals surface area (Å²) in [4.78, 5) is -0.537. The van der Waals surface area contributed by atoms with Crippen LogP contribution in [0.3, 0.4) is 0 Å². The van der Waals surface area contributed by atoms with Crippen molar-refractivity contribution in [2.45, 2.75) is 4.84 Å². The monoisotopic (exact) mass is 250 g/mol. The summed E-state index contributed by atoms with van der Waals surface area (Å²) in [5.41, 5.74) is 2.58. The Morgan fingerprint density at radius 3 is 2.44 bits per heavy atom. The Morgan fingerprint density at radius 1 is 0.875 bits per heavy atom. The molecule has 1 heterocycles. The molecular formula is C13H8Cl2O. The lowest BCUT2D eigenvalue weighted by Gasteiger charge is -2.02. The van der Waals surface area contributed by atoms with Crippen molar-refractivity contribution in [3.63, 3.8) is 0 Å². The molecule has 0 N–H and O–H groups in total. The molecule has 3 heteroatoms. The predicted octanol–water partition coefficient (Wildman–Crippen LogP) is 5.06. The minimum Gasteiger partial charge on any atom is -0.456 e. The van der Waals surface area contributed by atoms with Crippen LogP contribution in [0, 0.1) is 0 Å². The van der Waals surface area contributed by atoms with Crippen LogP contribution in [-0.4, -0.2) is 0 Å². The highest BCUT2D eigenvalue weighted by molar-refractivity contribution is 6.45. The second kappa shape index (κ2) is 3.69. The van der Waals surface area contributed by atoms with Crippen LogP contribution < -0.4 is 0 Å². The topological polar surface area (TPSA) is 13.1 Å². The molecule has 0 amide bonds. The van der Waals surface area contributed by atoms with Crippen molar-refractivity contribution in [3.05, 3.63) is 48.0 Å². The maximum absolute atomic E-state index is 5.96. The standard InChI is InChI=1S/C13H8Cl2O/c14-13(15)9-5-3-7-11-12(9)8-4-1-2-6-10(8)16-11/h1-7,13H. The van der Waals surface area contributed by atoms with Gasteiger partial charge in [0.25, 0.3) is 0 Å². The molecule has 0 atom stereocenters. The quantitative estimate of drug-likeness (QED) is 0.551. The smallest absolute Gasteiger partial charge is 0.135 e. The van der Waals surface area contributed by atoms with Gasteiger partial charge in [0.2, 0.25) is 0 Å². The van der Waals surface area contributed by atoms with E-state index in [4.69, 9.17) is 27.6 Å². The van der Waals surface area contributed by atoms with Crippen LogP contribution in [0.25, 0.3) is 21.9 Å². The van der Waals surface area contributed by atoms with Gasteiger partial charge in [0.1, 0.15) is 16.0 Å². The molecule has 2 aromatic carbocycles. The lowest BCUT2D eigenvalue weighted by atomic mass is 10.1. The van der Waals surface area contributed by atoms with E-state index in [0.29, 0.717) is 0 Å². The molecule has 16 heavy (non-hydrogen) atoms. The Balaban J connectivity index is 2.53. The van der Waals surface area contributed by atoms with Gasteiger partial charge in [-0.3, -0.25) is 0 Å². The maximum atomic E-state index is 5.96. The van der Waals surface area contributed by atoms with E-state index in [-0.39, 0.29) is 0 Å². The average Bonchev–Trinajstić information content (AvgIpc) is 2.66. The van der Waals surface area contributed by atoms with E-state index in [1.54, 1.807) is 0 Å². The third-order valence-electron chi connectivity index (χ3n) is 2.67. The second-order valence-electron chi connectivity index (χ2n) is 3.62. The highest BCUT2D eigenvalue weighted by Gasteiger charge is 2.14. The number of fused-ring (bicyclic) bond motifs is 3. The van der Waals surface area contributed by atoms with Gasteiger partial charge in [-0.15, -0.1) is 23.2 Å². The van der Waals surface area contributed by atoms with Gasteiger partial charge in [0, 0.05) is 10.8 Å². The molecule has 0 spiro atoms. The number of hydrogen-bond donors (Lipinski definition) is 0. The first-order valence-corrected chi connectivity index (χ1v) is 5.83. The van der Waals surface area contributed by atoms with Gasteiger partial charge >= 0.3 is 0 Å². The van der Waals surface area contributed by atoms with Gasteiger partial charge in [-0.25, -0.2) is 0 Å². The molecule has 0 saturated carbocycles. The van der Waals surface area contributed by atoms with E-state index in [0.717, 1.165) is 27.5 Å². The predicted molar refractivity (Wildman–Crippen MR) is 68.2 cm³/mol. The molecule has 80 valence electrons. The highest BCUT2D eigenvalue weighted by atomic mass is 35.5. The summed E-state index contributed by atoms with van der Waals surface area (Å²) in [5, 5.41) is 2.06. The zero-order valence-electron chi connectivity index (χ0n) is 8.28. The summed E-state index contributed by atoms with van der Waals surface area (Å²) >= 11 is 11.9. The minimum atomic E-state index is -0.537. The first-order chi connectivity index (χ1) is 7.77. The maximum Gasteiger partial charge on any atom is 0.135 e. The summed E-state index contributed by atoms with van der Waals surface area (Å²) in [6.45, 7) is 0. The molecule has 0 aliphatic rings. The van der Waals surface area contributed by atoms with Crippen molar-refractivity contribution in [1.29, 1.82) is 0 Å². The van der Waals surface area contributed by atoms with Crippen molar-refractivity contribution in [2.24, 2.45) is 0 Å². The fourth-order valence-electron chi connectivity index (χ4n) is 1.98. The van der Waals surface area contributed by atoms with Gasteiger partial charge in [0.15, 0.2) is 0 Å². The molecular weight excluding hydrogens is 243 g/mol. The van der Waals surface area contributed by atoms with E-state index in [1.807, 2.05) is 42.5 Å². The van der Waals surface area contributed by atoms with Crippen molar-refractivity contribution in [2.75, 3.05) is 0 Å². The van der Waals surface area contributed by atoms with Crippen LogP contribution >= 0.6 is 23.2 Å². The van der Waals surface area contributed by atoms with Crippen LogP contribution in [0.2, 0.25) is 0 Å². The Morgan fingerprint density at radius 2 is 1.62 bits per heavy atom. The van der Waals surface area contributed by atoms with Crippen molar-refractivity contribution in [3.8, 4) is 0 Å². The normalized spacial score (nSPS) is 11.7. The van der Waals surface area contributed by atoms with Gasteiger partial charge < -0.3 is 4.42 Å². The Bertz CT molecular complexity index is 655. The van der Waals surface area contributed by atoms with E-state index < -0.39 is 4.84 Å². The summed E-state index contributed by atoms with van der Waals surface area (Å²) in [7, 11) is 0. The van der Waals surface area contributed by atoms with E-state index in [1.165, 1.54) is 0 Å². The molecule has 0 saturated heterocycles. The molecule has 1 nitrogen and oxygen atoms in total. The highest BCUT2D eigenvalue weighted by Crippen LogP contribution is 2.37. The van der Waals surface area contributed by atoms with Crippen molar-refractivity contribution < 1.29 is 4.42 Å². The zero-order chi connectivity index (χ0) is 11.1. The molecule has 0 bridgehead atoms. The Labute approximate surface area is 103 Å². The van der Waals surface area contributed by atoms with Crippen molar-refractivity contribution in [1.82, 2.24) is 0 Å². The van der Waals surface area contributed by atoms with E-state index in [2.05, 4.69) is 0 Å². The number of rotatable bonds is 1. The molecule has 0 radical (unpaired) electrons. The first kappa shape index (κ1) is 10.0. The van der Waals surface area contributed by atoms with Gasteiger partial charge in [-0.1, -0.05) is 30.3 Å². The molecule has 1 aromatic heterocycles. The van der Waals surface area contributed by atoms with Crippen LogP contribution in [0.1, 0.15) is 10.4 Å². The number of para-hydroxylation sites is 1. The van der Waals surface area contributed by atoms with Crippen LogP contribution in [0.4, 0.5) is 0 Å². The second-order valence-corrected chi connectivity index (χ2v) is 4.72. The third kappa shape index (κ3) is 1.40. The number of halogens is 2. The number of benzene rings is 2. The summed E-state index contributed by atoms with van der Waals surface area (Å²) in [6.07, 6.45) is 0. The summed E-state index contributed by atoms with van der Waals surface area (Å²) in [6, 6.07) is 13.6. The van der Waals surface area contributed by atoms with Gasteiger partial charge in [-0.2, -0.15) is 0 Å². The van der Waals surface area contributed by atoms with Crippen LogP contribution in [0.5, 0.6) is 0 Å². The lowest BCUT2D eigenvalue weighted by molar-refractivity contribution is 0.669. The zero-order valence-corrected chi connectivity index (χ0v) is 9.79. The first-order valence-electron chi connectivity index (χ1n) is 4.95. The van der Waals surface area contributed by atoms with Crippen LogP contribution in [-0.2, 0) is 0 Å². The minimum absolute atomic E-state index is 0.537. The van der Waals surface area contributed by atoms with Crippen molar-refractivity contribution >= 4 is 45.1 Å². The van der Waals surface area contributed by atoms with E-state index >= 15 is 0 Å².